The molecule has 2 aromatic carbocycles. The lowest BCUT2D eigenvalue weighted by atomic mass is 10.2. The van der Waals surface area contributed by atoms with Crippen LogP contribution in [0.4, 0.5) is 10.8 Å². The average molecular weight is 467 g/mol. The van der Waals surface area contributed by atoms with Crippen LogP contribution in [0.5, 0.6) is 0 Å². The molecular formula is C19H16Cl2N4O2S2. The van der Waals surface area contributed by atoms with Gasteiger partial charge in [0, 0.05) is 17.7 Å². The van der Waals surface area contributed by atoms with E-state index in [1.807, 2.05) is 19.1 Å². The Morgan fingerprint density at radius 2 is 1.90 bits per heavy atom. The Morgan fingerprint density at radius 3 is 2.62 bits per heavy atom. The molecule has 150 valence electrons. The van der Waals surface area contributed by atoms with Gasteiger partial charge in [-0.05, 0) is 55.0 Å². The Morgan fingerprint density at radius 1 is 1.10 bits per heavy atom. The lowest BCUT2D eigenvalue weighted by Gasteiger charge is -2.10. The standard InChI is InChI=1S/C19H16Cl2N4O2S2/c1-2-3-16(26)24-19-23-14-7-5-11(9-15(14)29-19)22-18(28)25-17(27)10-4-6-12(20)13(21)8-10/h4-9H,2-3H2,1H3,(H,23,24,26)(H2,22,25,27,28). The number of nitrogens with zero attached hydrogens (tertiary/aromatic N) is 1. The Labute approximate surface area is 186 Å². The number of benzene rings is 2. The molecule has 3 N–H and O–H groups in total. The van der Waals surface area contributed by atoms with Gasteiger partial charge < -0.3 is 10.6 Å². The second-order valence-corrected chi connectivity index (χ2v) is 8.29. The lowest BCUT2D eigenvalue weighted by Crippen LogP contribution is -2.34. The fourth-order valence-corrected chi connectivity index (χ4v) is 3.87. The number of fused-ring (bicyclic) bond motifs is 1. The maximum Gasteiger partial charge on any atom is 0.257 e. The molecule has 0 spiro atoms. The van der Waals surface area contributed by atoms with E-state index in [0.29, 0.717) is 27.8 Å². The quantitative estimate of drug-likeness (QED) is 0.434. The highest BCUT2D eigenvalue weighted by Gasteiger charge is 2.11. The fraction of sp³-hybridized carbons (Fsp3) is 0.158. The molecule has 0 saturated carbocycles. The molecular weight excluding hydrogens is 451 g/mol. The third-order valence-corrected chi connectivity index (χ3v) is 5.66. The summed E-state index contributed by atoms with van der Waals surface area (Å²) in [6.45, 7) is 1.94. The van der Waals surface area contributed by atoms with Crippen molar-refractivity contribution in [1.82, 2.24) is 10.3 Å². The number of aromatic nitrogens is 1. The third kappa shape index (κ3) is 5.63. The summed E-state index contributed by atoms with van der Waals surface area (Å²) < 4.78 is 0.875. The van der Waals surface area contributed by atoms with Crippen LogP contribution >= 0.6 is 46.8 Å². The molecule has 29 heavy (non-hydrogen) atoms. The summed E-state index contributed by atoms with van der Waals surface area (Å²) in [6.07, 6.45) is 1.23. The first kappa shape index (κ1) is 21.4. The number of amides is 2. The summed E-state index contributed by atoms with van der Waals surface area (Å²) in [4.78, 5) is 28.4. The molecule has 6 nitrogen and oxygen atoms in total. The first-order chi connectivity index (χ1) is 13.9. The first-order valence-corrected chi connectivity index (χ1v) is 10.6. The van der Waals surface area contributed by atoms with Crippen molar-refractivity contribution >= 4 is 84.7 Å². The topological polar surface area (TPSA) is 83.1 Å². The van der Waals surface area contributed by atoms with E-state index < -0.39 is 5.91 Å². The minimum absolute atomic E-state index is 0.0592. The predicted octanol–water partition coefficient (Wildman–Crippen LogP) is 5.47. The number of hydrogen-bond donors (Lipinski definition) is 3. The van der Waals surface area contributed by atoms with Gasteiger partial charge in [-0.2, -0.15) is 0 Å². The van der Waals surface area contributed by atoms with Gasteiger partial charge >= 0.3 is 0 Å². The molecule has 0 atom stereocenters. The molecule has 0 unspecified atom stereocenters. The highest BCUT2D eigenvalue weighted by Crippen LogP contribution is 2.28. The van der Waals surface area contributed by atoms with Crippen molar-refractivity contribution in [3.05, 3.63) is 52.0 Å². The Kier molecular flexibility index (Phi) is 7.02. The second-order valence-electron chi connectivity index (χ2n) is 6.04. The molecule has 0 aliphatic heterocycles. The van der Waals surface area contributed by atoms with Crippen LogP contribution in [-0.2, 0) is 4.79 Å². The van der Waals surface area contributed by atoms with Gasteiger partial charge in [0.15, 0.2) is 10.2 Å². The zero-order chi connectivity index (χ0) is 21.0. The van der Waals surface area contributed by atoms with Crippen LogP contribution in [0.15, 0.2) is 36.4 Å². The van der Waals surface area contributed by atoms with E-state index in [-0.39, 0.29) is 16.0 Å². The molecule has 1 heterocycles. The van der Waals surface area contributed by atoms with Crippen LogP contribution < -0.4 is 16.0 Å². The predicted molar refractivity (Wildman–Crippen MR) is 123 cm³/mol. The molecule has 0 saturated heterocycles. The third-order valence-electron chi connectivity index (χ3n) is 3.78. The minimum atomic E-state index is -0.402. The zero-order valence-corrected chi connectivity index (χ0v) is 18.4. The molecule has 2 amide bonds. The van der Waals surface area contributed by atoms with Crippen LogP contribution in [0.2, 0.25) is 10.0 Å². The van der Waals surface area contributed by atoms with Crippen LogP contribution in [0.25, 0.3) is 10.2 Å². The smallest absolute Gasteiger partial charge is 0.257 e. The van der Waals surface area contributed by atoms with E-state index in [1.165, 1.54) is 17.4 Å². The molecule has 10 heteroatoms. The fourth-order valence-electron chi connectivity index (χ4n) is 2.44. The molecule has 3 rings (SSSR count). The minimum Gasteiger partial charge on any atom is -0.332 e. The molecule has 1 aromatic heterocycles. The molecule has 0 fully saturated rings. The molecule has 0 bridgehead atoms. The lowest BCUT2D eigenvalue weighted by molar-refractivity contribution is -0.116. The summed E-state index contributed by atoms with van der Waals surface area (Å²) in [5, 5.41) is 9.69. The summed E-state index contributed by atoms with van der Waals surface area (Å²) in [5.74, 6) is -0.461. The highest BCUT2D eigenvalue weighted by molar-refractivity contribution is 7.80. The number of anilines is 2. The van der Waals surface area contributed by atoms with E-state index in [0.717, 1.165) is 16.6 Å². The monoisotopic (exact) mass is 466 g/mol. The van der Waals surface area contributed by atoms with Gasteiger partial charge in [0.25, 0.3) is 5.91 Å². The van der Waals surface area contributed by atoms with E-state index in [1.54, 1.807) is 18.2 Å². The van der Waals surface area contributed by atoms with Gasteiger partial charge in [-0.25, -0.2) is 4.98 Å². The second kappa shape index (κ2) is 9.49. The van der Waals surface area contributed by atoms with Crippen LogP contribution in [0.3, 0.4) is 0 Å². The molecule has 0 aliphatic rings. The van der Waals surface area contributed by atoms with Gasteiger partial charge in [0.2, 0.25) is 5.91 Å². The number of nitrogens with one attached hydrogen (secondary N) is 3. The number of thiocarbonyl (C=S) groups is 1. The van der Waals surface area contributed by atoms with E-state index in [4.69, 9.17) is 35.4 Å². The van der Waals surface area contributed by atoms with Crippen molar-refractivity contribution in [2.24, 2.45) is 0 Å². The summed E-state index contributed by atoms with van der Waals surface area (Å²) >= 11 is 18.4. The summed E-state index contributed by atoms with van der Waals surface area (Å²) in [7, 11) is 0. The van der Waals surface area contributed by atoms with Crippen LogP contribution in [0.1, 0.15) is 30.1 Å². The average Bonchev–Trinajstić information content (AvgIpc) is 3.05. The maximum absolute atomic E-state index is 12.3. The van der Waals surface area contributed by atoms with E-state index in [2.05, 4.69) is 20.9 Å². The van der Waals surface area contributed by atoms with Gasteiger partial charge in [-0.1, -0.05) is 41.5 Å². The number of hydrogen-bond acceptors (Lipinski definition) is 5. The van der Waals surface area contributed by atoms with Gasteiger partial charge in [-0.3, -0.25) is 14.9 Å². The largest absolute Gasteiger partial charge is 0.332 e. The molecule has 0 aliphatic carbocycles. The zero-order valence-electron chi connectivity index (χ0n) is 15.2. The summed E-state index contributed by atoms with van der Waals surface area (Å²) in [5.41, 5.74) is 1.79. The van der Waals surface area contributed by atoms with Crippen molar-refractivity contribution < 1.29 is 9.59 Å². The molecule has 0 radical (unpaired) electrons. The first-order valence-electron chi connectivity index (χ1n) is 8.63. The number of rotatable bonds is 5. The highest BCUT2D eigenvalue weighted by atomic mass is 35.5. The van der Waals surface area contributed by atoms with Gasteiger partial charge in [-0.15, -0.1) is 0 Å². The van der Waals surface area contributed by atoms with Crippen molar-refractivity contribution in [1.29, 1.82) is 0 Å². The van der Waals surface area contributed by atoms with Crippen LogP contribution in [0, 0.1) is 0 Å². The molecule has 3 aromatic rings. The van der Waals surface area contributed by atoms with Crippen molar-refractivity contribution in [2.45, 2.75) is 19.8 Å². The normalized spacial score (nSPS) is 10.6. The van der Waals surface area contributed by atoms with Crippen molar-refractivity contribution in [2.75, 3.05) is 10.6 Å². The number of carbonyl (C=O) groups is 2. The number of carbonyl (C=O) groups excluding carboxylic acids is 2. The van der Waals surface area contributed by atoms with Gasteiger partial charge in [0.1, 0.15) is 0 Å². The Balaban J connectivity index is 1.65. The summed E-state index contributed by atoms with van der Waals surface area (Å²) in [6, 6.07) is 10.0. The number of halogens is 2. The van der Waals surface area contributed by atoms with Crippen LogP contribution in [-0.4, -0.2) is 21.9 Å². The maximum atomic E-state index is 12.3. The van der Waals surface area contributed by atoms with E-state index in [9.17, 15) is 9.59 Å². The van der Waals surface area contributed by atoms with Crippen molar-refractivity contribution in [3.8, 4) is 0 Å². The number of thiazole rings is 1. The van der Waals surface area contributed by atoms with Crippen molar-refractivity contribution in [3.63, 3.8) is 0 Å². The SMILES string of the molecule is CCCC(=O)Nc1nc2ccc(NC(=S)NC(=O)c3ccc(Cl)c(Cl)c3)cc2s1. The Bertz CT molecular complexity index is 1100. The van der Waals surface area contributed by atoms with E-state index >= 15 is 0 Å². The Hall–Kier alpha value is -2.26. The van der Waals surface area contributed by atoms with Gasteiger partial charge in [0.05, 0.1) is 20.3 Å².